The standard InChI is InChI=1S/C20H25N3O3S/c21-9-8-19-22-16(12-27-19)20(24)23(15-4-2-1-3-5-15)11-14-6-7-17-18(10-14)26-13-25-17/h6-7,10,12,15H,1-5,8-9,11,13,21H2. The molecule has 2 aromatic rings. The highest BCUT2D eigenvalue weighted by molar-refractivity contribution is 7.09. The third kappa shape index (κ3) is 4.09. The second kappa shape index (κ2) is 8.27. The molecule has 4 rings (SSSR count). The first-order valence-corrected chi connectivity index (χ1v) is 10.5. The number of rotatable bonds is 6. The van der Waals surface area contributed by atoms with Gasteiger partial charge in [-0.1, -0.05) is 25.3 Å². The van der Waals surface area contributed by atoms with Gasteiger partial charge in [0.15, 0.2) is 11.5 Å². The van der Waals surface area contributed by atoms with Gasteiger partial charge in [0, 0.05) is 24.4 Å². The maximum absolute atomic E-state index is 13.3. The first kappa shape index (κ1) is 18.3. The summed E-state index contributed by atoms with van der Waals surface area (Å²) >= 11 is 1.51. The minimum atomic E-state index is 0.0130. The molecule has 0 radical (unpaired) electrons. The smallest absolute Gasteiger partial charge is 0.273 e. The van der Waals surface area contributed by atoms with Gasteiger partial charge in [-0.25, -0.2) is 4.98 Å². The molecule has 1 aliphatic carbocycles. The highest BCUT2D eigenvalue weighted by Gasteiger charge is 2.28. The van der Waals surface area contributed by atoms with Crippen LogP contribution in [-0.4, -0.2) is 35.2 Å². The number of aromatic nitrogens is 1. The highest BCUT2D eigenvalue weighted by atomic mass is 32.1. The predicted octanol–water partition coefficient (Wildman–Crippen LogP) is 3.35. The van der Waals surface area contributed by atoms with Gasteiger partial charge < -0.3 is 20.1 Å². The second-order valence-corrected chi connectivity index (χ2v) is 8.02. The van der Waals surface area contributed by atoms with Crippen LogP contribution in [0.25, 0.3) is 0 Å². The Morgan fingerprint density at radius 1 is 1.22 bits per heavy atom. The molecule has 6 nitrogen and oxygen atoms in total. The van der Waals surface area contributed by atoms with Crippen molar-refractivity contribution in [1.29, 1.82) is 0 Å². The van der Waals surface area contributed by atoms with Crippen molar-refractivity contribution in [3.63, 3.8) is 0 Å². The van der Waals surface area contributed by atoms with E-state index in [9.17, 15) is 4.79 Å². The molecule has 1 aliphatic heterocycles. The van der Waals surface area contributed by atoms with Crippen molar-refractivity contribution >= 4 is 17.2 Å². The van der Waals surface area contributed by atoms with E-state index < -0.39 is 0 Å². The van der Waals surface area contributed by atoms with E-state index >= 15 is 0 Å². The van der Waals surface area contributed by atoms with Gasteiger partial charge >= 0.3 is 0 Å². The first-order chi connectivity index (χ1) is 13.2. The van der Waals surface area contributed by atoms with Gasteiger partial charge in [-0.05, 0) is 37.1 Å². The van der Waals surface area contributed by atoms with Crippen molar-refractivity contribution in [2.75, 3.05) is 13.3 Å². The van der Waals surface area contributed by atoms with E-state index in [4.69, 9.17) is 15.2 Å². The molecule has 0 bridgehead atoms. The van der Waals surface area contributed by atoms with Gasteiger partial charge in [0.1, 0.15) is 5.69 Å². The van der Waals surface area contributed by atoms with E-state index in [2.05, 4.69) is 4.98 Å². The van der Waals surface area contributed by atoms with Crippen LogP contribution in [0.4, 0.5) is 0 Å². The molecule has 1 aromatic carbocycles. The number of hydrogen-bond acceptors (Lipinski definition) is 6. The largest absolute Gasteiger partial charge is 0.454 e. The fourth-order valence-electron chi connectivity index (χ4n) is 3.79. The maximum Gasteiger partial charge on any atom is 0.273 e. The van der Waals surface area contributed by atoms with E-state index in [1.807, 2.05) is 28.5 Å². The molecule has 0 unspecified atom stereocenters. The zero-order valence-electron chi connectivity index (χ0n) is 15.4. The molecule has 2 heterocycles. The SMILES string of the molecule is NCCc1nc(C(=O)N(Cc2ccc3c(c2)OCO3)C2CCCCC2)cs1. The van der Waals surface area contributed by atoms with Crippen LogP contribution in [0.5, 0.6) is 11.5 Å². The number of carbonyl (C=O) groups is 1. The summed E-state index contributed by atoms with van der Waals surface area (Å²) < 4.78 is 10.9. The summed E-state index contributed by atoms with van der Waals surface area (Å²) in [4.78, 5) is 19.8. The topological polar surface area (TPSA) is 77.7 Å². The summed E-state index contributed by atoms with van der Waals surface area (Å²) in [6, 6.07) is 6.17. The Morgan fingerprint density at radius 2 is 2.04 bits per heavy atom. The minimum absolute atomic E-state index is 0.0130. The van der Waals surface area contributed by atoms with Crippen LogP contribution in [0.1, 0.15) is 53.2 Å². The van der Waals surface area contributed by atoms with Crippen molar-refractivity contribution in [3.05, 3.63) is 39.8 Å². The van der Waals surface area contributed by atoms with Crippen molar-refractivity contribution in [2.24, 2.45) is 5.73 Å². The second-order valence-electron chi connectivity index (χ2n) is 7.08. The molecular weight excluding hydrogens is 362 g/mol. The molecule has 1 aromatic heterocycles. The van der Waals surface area contributed by atoms with Crippen LogP contribution in [0.15, 0.2) is 23.6 Å². The van der Waals surface area contributed by atoms with Gasteiger partial charge in [0.25, 0.3) is 5.91 Å². The molecule has 27 heavy (non-hydrogen) atoms. The number of thiazole rings is 1. The lowest BCUT2D eigenvalue weighted by Gasteiger charge is -2.34. The number of ether oxygens (including phenoxy) is 2. The molecule has 144 valence electrons. The number of hydrogen-bond donors (Lipinski definition) is 1. The number of fused-ring (bicyclic) bond motifs is 1. The normalized spacial score (nSPS) is 16.5. The lowest BCUT2D eigenvalue weighted by atomic mass is 9.93. The lowest BCUT2D eigenvalue weighted by Crippen LogP contribution is -2.41. The quantitative estimate of drug-likeness (QED) is 0.822. The van der Waals surface area contributed by atoms with Crippen LogP contribution >= 0.6 is 11.3 Å². The summed E-state index contributed by atoms with van der Waals surface area (Å²) in [6.07, 6.45) is 6.41. The van der Waals surface area contributed by atoms with Crippen LogP contribution in [0.3, 0.4) is 0 Å². The number of nitrogens with two attached hydrogens (primary N) is 1. The average molecular weight is 388 g/mol. The van der Waals surface area contributed by atoms with Crippen LogP contribution in [-0.2, 0) is 13.0 Å². The van der Waals surface area contributed by atoms with Gasteiger partial charge in [-0.15, -0.1) is 11.3 Å². The Labute approximate surface area is 163 Å². The van der Waals surface area contributed by atoms with Crippen molar-refractivity contribution < 1.29 is 14.3 Å². The van der Waals surface area contributed by atoms with Crippen LogP contribution in [0, 0.1) is 0 Å². The molecule has 0 spiro atoms. The van der Waals surface area contributed by atoms with E-state index in [0.717, 1.165) is 34.9 Å². The van der Waals surface area contributed by atoms with E-state index in [-0.39, 0.29) is 18.7 Å². The third-order valence-electron chi connectivity index (χ3n) is 5.20. The lowest BCUT2D eigenvalue weighted by molar-refractivity contribution is 0.0608. The summed E-state index contributed by atoms with van der Waals surface area (Å²) in [5, 5.41) is 2.79. The number of nitrogens with zero attached hydrogens (tertiary/aromatic N) is 2. The van der Waals surface area contributed by atoms with Crippen molar-refractivity contribution in [1.82, 2.24) is 9.88 Å². The first-order valence-electron chi connectivity index (χ1n) is 9.58. The average Bonchev–Trinajstić information content (AvgIpc) is 3.35. The Kier molecular flexibility index (Phi) is 5.59. The van der Waals surface area contributed by atoms with Crippen LogP contribution < -0.4 is 15.2 Å². The molecule has 1 fully saturated rings. The molecule has 7 heteroatoms. The molecule has 2 aliphatic rings. The number of benzene rings is 1. The Balaban J connectivity index is 1.57. The van der Waals surface area contributed by atoms with Crippen molar-refractivity contribution in [3.8, 4) is 11.5 Å². The van der Waals surface area contributed by atoms with E-state index in [1.54, 1.807) is 0 Å². The molecule has 0 atom stereocenters. The zero-order valence-corrected chi connectivity index (χ0v) is 16.2. The Morgan fingerprint density at radius 3 is 2.85 bits per heavy atom. The minimum Gasteiger partial charge on any atom is -0.454 e. The van der Waals surface area contributed by atoms with Crippen LogP contribution in [0.2, 0.25) is 0 Å². The summed E-state index contributed by atoms with van der Waals surface area (Å²) in [5.74, 6) is 1.53. The zero-order chi connectivity index (χ0) is 18.6. The molecule has 0 saturated heterocycles. The summed E-state index contributed by atoms with van der Waals surface area (Å²) in [7, 11) is 0. The fraction of sp³-hybridized carbons (Fsp3) is 0.500. The van der Waals surface area contributed by atoms with Gasteiger partial charge in [0.2, 0.25) is 6.79 Å². The predicted molar refractivity (Wildman–Crippen MR) is 104 cm³/mol. The number of amides is 1. The summed E-state index contributed by atoms with van der Waals surface area (Å²) in [5.41, 5.74) is 7.21. The molecule has 1 saturated carbocycles. The monoisotopic (exact) mass is 387 g/mol. The van der Waals surface area contributed by atoms with E-state index in [1.165, 1.54) is 30.6 Å². The van der Waals surface area contributed by atoms with E-state index in [0.29, 0.717) is 25.2 Å². The molecule has 2 N–H and O–H groups in total. The third-order valence-corrected chi connectivity index (χ3v) is 6.10. The maximum atomic E-state index is 13.3. The number of carbonyl (C=O) groups excluding carboxylic acids is 1. The van der Waals surface area contributed by atoms with Crippen molar-refractivity contribution in [2.45, 2.75) is 51.1 Å². The van der Waals surface area contributed by atoms with Gasteiger partial charge in [-0.2, -0.15) is 0 Å². The molecule has 1 amide bonds. The van der Waals surface area contributed by atoms with Gasteiger partial charge in [-0.3, -0.25) is 4.79 Å². The Bertz CT molecular complexity index is 802. The summed E-state index contributed by atoms with van der Waals surface area (Å²) in [6.45, 7) is 1.36. The highest BCUT2D eigenvalue weighted by Crippen LogP contribution is 2.34. The fourth-order valence-corrected chi connectivity index (χ4v) is 4.58. The molecular formula is C20H25N3O3S. The van der Waals surface area contributed by atoms with Gasteiger partial charge in [0.05, 0.1) is 5.01 Å². The Hall–Kier alpha value is -2.12.